The Kier molecular flexibility index (Phi) is 35.1. The summed E-state index contributed by atoms with van der Waals surface area (Å²) in [6.45, 7) is 4.22. The number of hydrogen-bond donors (Lipinski definition) is 4. The van der Waals surface area contributed by atoms with Crippen LogP contribution >= 0.6 is 37.2 Å². The van der Waals surface area contributed by atoms with Crippen LogP contribution in [0.2, 0.25) is 0 Å². The van der Waals surface area contributed by atoms with Gasteiger partial charge in [0.1, 0.15) is 0 Å². The predicted molar refractivity (Wildman–Crippen MR) is 144 cm³/mol. The minimum atomic E-state index is -0.173. The highest BCUT2D eigenvalue weighted by atomic mass is 35.5. The number of nitrogens with one attached hydrogen (secondary N) is 1. The van der Waals surface area contributed by atoms with Crippen molar-refractivity contribution in [3.63, 3.8) is 0 Å². The lowest BCUT2D eigenvalue weighted by Crippen LogP contribution is -2.49. The number of rotatable bonds is 21. The number of unbranched alkanes of at least 4 members (excludes halogenated alkanes) is 9. The van der Waals surface area contributed by atoms with E-state index in [0.29, 0.717) is 26.1 Å². The summed E-state index contributed by atoms with van der Waals surface area (Å²) in [5, 5.41) is 3.36. The lowest BCUT2D eigenvalue weighted by molar-refractivity contribution is -0.123. The molecule has 0 saturated heterocycles. The van der Waals surface area contributed by atoms with E-state index in [1.165, 1.54) is 51.4 Å². The smallest absolute Gasteiger partial charge is 0.220 e. The first kappa shape index (κ1) is 38.5. The quantitative estimate of drug-likeness (QED) is 0.151. The molecule has 0 unspecified atom stereocenters. The van der Waals surface area contributed by atoms with E-state index in [4.69, 9.17) is 17.2 Å². The standard InChI is InChI=1S/C23H50N4O.3ClH/c1-2-3-4-5-6-7-8-9-10-11-15-22(28)27-23(16-12-19-24,17-13-20-25)18-14-21-26;;;/h2-21,24-26H2,1H3,(H,27,28);3*1H. The van der Waals surface area contributed by atoms with Gasteiger partial charge in [0.2, 0.25) is 5.91 Å². The van der Waals surface area contributed by atoms with Crippen molar-refractivity contribution in [3.8, 4) is 0 Å². The summed E-state index contributed by atoms with van der Waals surface area (Å²) in [5.74, 6) is 0.186. The molecule has 0 radical (unpaired) electrons. The highest BCUT2D eigenvalue weighted by Gasteiger charge is 2.29. The molecule has 7 N–H and O–H groups in total. The molecular formula is C23H53Cl3N4O. The van der Waals surface area contributed by atoms with Gasteiger partial charge in [-0.1, -0.05) is 64.7 Å². The third kappa shape index (κ3) is 23.2. The molecule has 0 aromatic carbocycles. The fraction of sp³-hybridized carbons (Fsp3) is 0.957. The molecule has 8 heteroatoms. The van der Waals surface area contributed by atoms with E-state index >= 15 is 0 Å². The molecule has 0 heterocycles. The molecule has 31 heavy (non-hydrogen) atoms. The second kappa shape index (κ2) is 28.3. The summed E-state index contributed by atoms with van der Waals surface area (Å²) < 4.78 is 0. The van der Waals surface area contributed by atoms with E-state index in [-0.39, 0.29) is 48.7 Å². The van der Waals surface area contributed by atoms with E-state index in [1.807, 2.05) is 0 Å². The summed E-state index contributed by atoms with van der Waals surface area (Å²) in [4.78, 5) is 12.6. The maximum Gasteiger partial charge on any atom is 0.220 e. The molecule has 0 atom stereocenters. The number of halogens is 3. The number of hydrogen-bond acceptors (Lipinski definition) is 4. The fourth-order valence-corrected chi connectivity index (χ4v) is 4.02. The third-order valence-corrected chi connectivity index (χ3v) is 5.74. The van der Waals surface area contributed by atoms with Gasteiger partial charge in [0.25, 0.3) is 0 Å². The van der Waals surface area contributed by atoms with Gasteiger partial charge in [-0.2, -0.15) is 0 Å². The average Bonchev–Trinajstić information content (AvgIpc) is 2.70. The zero-order valence-electron chi connectivity index (χ0n) is 20.0. The van der Waals surface area contributed by atoms with Gasteiger partial charge in [-0.3, -0.25) is 4.79 Å². The van der Waals surface area contributed by atoms with Crippen molar-refractivity contribution in [2.75, 3.05) is 19.6 Å². The molecule has 0 aliphatic carbocycles. The minimum Gasteiger partial charge on any atom is -0.351 e. The van der Waals surface area contributed by atoms with Gasteiger partial charge in [0, 0.05) is 12.0 Å². The molecule has 0 bridgehead atoms. The van der Waals surface area contributed by atoms with Crippen LogP contribution in [0.1, 0.15) is 116 Å². The maximum atomic E-state index is 12.6. The van der Waals surface area contributed by atoms with E-state index < -0.39 is 0 Å². The largest absolute Gasteiger partial charge is 0.351 e. The van der Waals surface area contributed by atoms with Gasteiger partial charge in [0.15, 0.2) is 0 Å². The Labute approximate surface area is 211 Å². The second-order valence-corrected chi connectivity index (χ2v) is 8.44. The summed E-state index contributed by atoms with van der Waals surface area (Å²) >= 11 is 0. The topological polar surface area (TPSA) is 107 Å². The van der Waals surface area contributed by atoms with E-state index in [2.05, 4.69) is 12.2 Å². The zero-order chi connectivity index (χ0) is 20.9. The minimum absolute atomic E-state index is 0. The lowest BCUT2D eigenvalue weighted by atomic mass is 9.83. The summed E-state index contributed by atoms with van der Waals surface area (Å²) in [7, 11) is 0. The first-order chi connectivity index (χ1) is 13.6. The molecule has 0 fully saturated rings. The molecule has 0 spiro atoms. The van der Waals surface area contributed by atoms with E-state index in [9.17, 15) is 4.79 Å². The Morgan fingerprint density at radius 1 is 0.613 bits per heavy atom. The van der Waals surface area contributed by atoms with E-state index in [0.717, 1.165) is 51.4 Å². The van der Waals surface area contributed by atoms with Crippen LogP contribution < -0.4 is 22.5 Å². The molecule has 0 aliphatic heterocycles. The van der Waals surface area contributed by atoms with Crippen LogP contribution in [-0.2, 0) is 4.79 Å². The molecule has 0 saturated carbocycles. The predicted octanol–water partition coefficient (Wildman–Crippen LogP) is 5.63. The van der Waals surface area contributed by atoms with Crippen molar-refractivity contribution in [3.05, 3.63) is 0 Å². The molecule has 0 aromatic rings. The summed E-state index contributed by atoms with van der Waals surface area (Å²) in [6.07, 6.45) is 19.0. The van der Waals surface area contributed by atoms with Crippen molar-refractivity contribution < 1.29 is 4.79 Å². The number of nitrogens with two attached hydrogens (primary N) is 3. The Morgan fingerprint density at radius 3 is 1.32 bits per heavy atom. The molecule has 0 aliphatic rings. The van der Waals surface area contributed by atoms with Crippen LogP contribution in [0.4, 0.5) is 0 Å². The molecule has 0 rings (SSSR count). The monoisotopic (exact) mass is 506 g/mol. The molecule has 5 nitrogen and oxygen atoms in total. The first-order valence-corrected chi connectivity index (χ1v) is 12.1. The van der Waals surface area contributed by atoms with Crippen LogP contribution in [0.25, 0.3) is 0 Å². The number of amides is 1. The maximum absolute atomic E-state index is 12.6. The van der Waals surface area contributed by atoms with E-state index in [1.54, 1.807) is 0 Å². The first-order valence-electron chi connectivity index (χ1n) is 12.1. The second-order valence-electron chi connectivity index (χ2n) is 8.44. The van der Waals surface area contributed by atoms with Crippen molar-refractivity contribution in [1.29, 1.82) is 0 Å². The van der Waals surface area contributed by atoms with Crippen LogP contribution in [0, 0.1) is 0 Å². The Balaban J connectivity index is -0.00000121. The fourth-order valence-electron chi connectivity index (χ4n) is 4.02. The van der Waals surface area contributed by atoms with Crippen LogP contribution in [0.15, 0.2) is 0 Å². The van der Waals surface area contributed by atoms with Gasteiger partial charge < -0.3 is 22.5 Å². The van der Waals surface area contributed by atoms with Crippen LogP contribution in [0.5, 0.6) is 0 Å². The normalized spacial score (nSPS) is 10.6. The van der Waals surface area contributed by atoms with Crippen molar-refractivity contribution >= 4 is 43.1 Å². The summed E-state index contributed by atoms with van der Waals surface area (Å²) in [5.41, 5.74) is 17.0. The van der Waals surface area contributed by atoms with Crippen LogP contribution in [-0.4, -0.2) is 31.1 Å². The highest BCUT2D eigenvalue weighted by molar-refractivity contribution is 5.86. The Hall–Kier alpha value is 0.220. The van der Waals surface area contributed by atoms with Crippen molar-refractivity contribution in [1.82, 2.24) is 5.32 Å². The highest BCUT2D eigenvalue weighted by Crippen LogP contribution is 2.25. The van der Waals surface area contributed by atoms with Crippen molar-refractivity contribution in [2.24, 2.45) is 17.2 Å². The molecule has 192 valence electrons. The third-order valence-electron chi connectivity index (χ3n) is 5.74. The van der Waals surface area contributed by atoms with Gasteiger partial charge >= 0.3 is 0 Å². The van der Waals surface area contributed by atoms with Crippen molar-refractivity contribution in [2.45, 2.75) is 122 Å². The van der Waals surface area contributed by atoms with Crippen LogP contribution in [0.3, 0.4) is 0 Å². The average molecular weight is 508 g/mol. The zero-order valence-corrected chi connectivity index (χ0v) is 22.5. The Morgan fingerprint density at radius 2 is 0.968 bits per heavy atom. The van der Waals surface area contributed by atoms with Gasteiger partial charge in [-0.25, -0.2) is 0 Å². The van der Waals surface area contributed by atoms with Gasteiger partial charge in [0.05, 0.1) is 0 Å². The number of carbonyl (C=O) groups is 1. The summed E-state index contributed by atoms with van der Waals surface area (Å²) in [6, 6.07) is 0. The molecular weight excluding hydrogens is 455 g/mol. The number of carbonyl (C=O) groups excluding carboxylic acids is 1. The molecule has 0 aromatic heterocycles. The SMILES string of the molecule is CCCCCCCCCCCCC(=O)NC(CCCN)(CCCN)CCCN.Cl.Cl.Cl. The Bertz CT molecular complexity index is 342. The lowest BCUT2D eigenvalue weighted by Gasteiger charge is -2.35. The molecule has 1 amide bonds. The van der Waals surface area contributed by atoms with Gasteiger partial charge in [-0.05, 0) is 64.6 Å². The van der Waals surface area contributed by atoms with Gasteiger partial charge in [-0.15, -0.1) is 37.2 Å².